The number of nitrogens with one attached hydrogen (secondary N) is 1. The molecule has 1 aromatic heterocycles. The monoisotopic (exact) mass is 232 g/mol. The second kappa shape index (κ2) is 6.75. The summed E-state index contributed by atoms with van der Waals surface area (Å²) in [6.07, 6.45) is 10.4. The molecule has 1 fully saturated rings. The third-order valence-corrected chi connectivity index (χ3v) is 3.82. The number of rotatable bonds is 4. The Hall–Kier alpha value is -0.890. The van der Waals surface area contributed by atoms with Crippen LogP contribution in [0.1, 0.15) is 57.2 Å². The van der Waals surface area contributed by atoms with E-state index in [9.17, 15) is 0 Å². The van der Waals surface area contributed by atoms with Crippen molar-refractivity contribution in [1.82, 2.24) is 10.3 Å². The van der Waals surface area contributed by atoms with Gasteiger partial charge in [0.2, 0.25) is 0 Å². The third-order valence-electron chi connectivity index (χ3n) is 3.82. The van der Waals surface area contributed by atoms with Crippen molar-refractivity contribution in [2.24, 2.45) is 5.92 Å². The van der Waals surface area contributed by atoms with Crippen LogP contribution >= 0.6 is 0 Å². The zero-order valence-corrected chi connectivity index (χ0v) is 10.9. The highest BCUT2D eigenvalue weighted by atomic mass is 14.9. The van der Waals surface area contributed by atoms with E-state index >= 15 is 0 Å². The Kier molecular flexibility index (Phi) is 4.99. The lowest BCUT2D eigenvalue weighted by Crippen LogP contribution is -2.26. The predicted molar refractivity (Wildman–Crippen MR) is 71.8 cm³/mol. The summed E-state index contributed by atoms with van der Waals surface area (Å²) >= 11 is 0. The molecule has 1 aliphatic carbocycles. The Morgan fingerprint density at radius 3 is 2.65 bits per heavy atom. The van der Waals surface area contributed by atoms with Crippen molar-refractivity contribution in [3.8, 4) is 0 Å². The second-order valence-corrected chi connectivity index (χ2v) is 5.24. The molecular weight excluding hydrogens is 208 g/mol. The molecule has 1 atom stereocenters. The summed E-state index contributed by atoms with van der Waals surface area (Å²) in [6.45, 7) is 3.36. The topological polar surface area (TPSA) is 24.9 Å². The summed E-state index contributed by atoms with van der Waals surface area (Å²) in [4.78, 5) is 4.40. The molecule has 1 unspecified atom stereocenters. The van der Waals surface area contributed by atoms with Gasteiger partial charge in [0.05, 0.1) is 5.69 Å². The second-order valence-electron chi connectivity index (χ2n) is 5.24. The molecule has 1 aromatic rings. The maximum absolute atomic E-state index is 4.40. The molecule has 0 radical (unpaired) electrons. The minimum atomic E-state index is 0.374. The van der Waals surface area contributed by atoms with E-state index < -0.39 is 0 Å². The van der Waals surface area contributed by atoms with Gasteiger partial charge in [-0.05, 0) is 44.4 Å². The molecule has 0 spiro atoms. The molecule has 94 valence electrons. The molecule has 0 aromatic carbocycles. The smallest absolute Gasteiger partial charge is 0.0570 e. The largest absolute Gasteiger partial charge is 0.309 e. The van der Waals surface area contributed by atoms with Gasteiger partial charge in [0.15, 0.2) is 0 Å². The number of nitrogens with zero attached hydrogens (tertiary/aromatic N) is 1. The van der Waals surface area contributed by atoms with E-state index in [0.717, 1.165) is 18.2 Å². The fraction of sp³-hybridized carbons (Fsp3) is 0.667. The Morgan fingerprint density at radius 2 is 2.00 bits per heavy atom. The molecule has 1 saturated carbocycles. The van der Waals surface area contributed by atoms with Crippen LogP contribution in [0, 0.1) is 5.92 Å². The number of aromatic nitrogens is 1. The van der Waals surface area contributed by atoms with Gasteiger partial charge in [-0.3, -0.25) is 4.98 Å². The Balaban J connectivity index is 1.77. The molecule has 1 heterocycles. The lowest BCUT2D eigenvalue weighted by molar-refractivity contribution is 0.400. The van der Waals surface area contributed by atoms with Crippen LogP contribution in [0.15, 0.2) is 24.4 Å². The van der Waals surface area contributed by atoms with E-state index in [1.165, 1.54) is 38.5 Å². The zero-order chi connectivity index (χ0) is 11.9. The van der Waals surface area contributed by atoms with Gasteiger partial charge in [0, 0.05) is 12.2 Å². The highest BCUT2D eigenvalue weighted by molar-refractivity contribution is 5.07. The quantitative estimate of drug-likeness (QED) is 0.801. The molecular formula is C15H24N2. The van der Waals surface area contributed by atoms with Crippen LogP contribution in [0.3, 0.4) is 0 Å². The molecule has 17 heavy (non-hydrogen) atoms. The summed E-state index contributed by atoms with van der Waals surface area (Å²) in [6, 6.07) is 6.51. The van der Waals surface area contributed by atoms with Gasteiger partial charge in [-0.1, -0.05) is 31.7 Å². The highest BCUT2D eigenvalue weighted by Gasteiger charge is 2.13. The number of hydrogen-bond acceptors (Lipinski definition) is 2. The van der Waals surface area contributed by atoms with Crippen molar-refractivity contribution >= 4 is 0 Å². The summed E-state index contributed by atoms with van der Waals surface area (Å²) in [5.74, 6) is 0.878. The number of pyridine rings is 1. The summed E-state index contributed by atoms with van der Waals surface area (Å²) < 4.78 is 0. The first-order valence-electron chi connectivity index (χ1n) is 7.00. The van der Waals surface area contributed by atoms with E-state index in [1.807, 2.05) is 12.3 Å². The van der Waals surface area contributed by atoms with Crippen LogP contribution in [0.4, 0.5) is 0 Å². The van der Waals surface area contributed by atoms with Gasteiger partial charge in [-0.2, -0.15) is 0 Å². The normalized spacial score (nSPS) is 19.8. The average Bonchev–Trinajstić information content (AvgIpc) is 2.65. The Morgan fingerprint density at radius 1 is 1.24 bits per heavy atom. The molecule has 0 saturated heterocycles. The average molecular weight is 232 g/mol. The highest BCUT2D eigenvalue weighted by Crippen LogP contribution is 2.22. The zero-order valence-electron chi connectivity index (χ0n) is 10.9. The first-order valence-corrected chi connectivity index (χ1v) is 7.00. The molecule has 0 bridgehead atoms. The molecule has 2 nitrogen and oxygen atoms in total. The third kappa shape index (κ3) is 4.12. The van der Waals surface area contributed by atoms with Crippen molar-refractivity contribution in [3.05, 3.63) is 30.1 Å². The maximum atomic E-state index is 4.40. The van der Waals surface area contributed by atoms with Crippen LogP contribution in [0.2, 0.25) is 0 Å². The fourth-order valence-electron chi connectivity index (χ4n) is 2.65. The molecule has 2 heteroatoms. The van der Waals surface area contributed by atoms with E-state index in [-0.39, 0.29) is 0 Å². The van der Waals surface area contributed by atoms with Gasteiger partial charge in [-0.15, -0.1) is 0 Å². The van der Waals surface area contributed by atoms with Crippen LogP contribution in [-0.2, 0) is 0 Å². The van der Waals surface area contributed by atoms with Gasteiger partial charge < -0.3 is 5.32 Å². The van der Waals surface area contributed by atoms with Crippen molar-refractivity contribution < 1.29 is 0 Å². The van der Waals surface area contributed by atoms with Crippen molar-refractivity contribution in [1.29, 1.82) is 0 Å². The minimum absolute atomic E-state index is 0.374. The van der Waals surface area contributed by atoms with Gasteiger partial charge >= 0.3 is 0 Å². The molecule has 2 rings (SSSR count). The summed E-state index contributed by atoms with van der Waals surface area (Å²) in [5, 5.41) is 3.63. The van der Waals surface area contributed by atoms with Crippen LogP contribution < -0.4 is 5.32 Å². The lowest BCUT2D eigenvalue weighted by atomic mass is 10.00. The van der Waals surface area contributed by atoms with Crippen LogP contribution in [0.25, 0.3) is 0 Å². The van der Waals surface area contributed by atoms with Crippen molar-refractivity contribution in [3.63, 3.8) is 0 Å². The number of hydrogen-bond donors (Lipinski definition) is 1. The Labute approximate surface area is 105 Å². The minimum Gasteiger partial charge on any atom is -0.309 e. The predicted octanol–water partition coefficient (Wildman–Crippen LogP) is 3.70. The lowest BCUT2D eigenvalue weighted by Gasteiger charge is -2.19. The van der Waals surface area contributed by atoms with E-state index in [0.29, 0.717) is 6.04 Å². The first-order chi connectivity index (χ1) is 8.36. The van der Waals surface area contributed by atoms with Crippen LogP contribution in [-0.4, -0.2) is 11.5 Å². The summed E-state index contributed by atoms with van der Waals surface area (Å²) in [5.41, 5.74) is 1.15. The molecule has 0 aliphatic heterocycles. The SMILES string of the molecule is CC(NCC1CCCCCC1)c1ccccn1. The molecule has 1 aliphatic rings. The van der Waals surface area contributed by atoms with E-state index in [2.05, 4.69) is 29.4 Å². The van der Waals surface area contributed by atoms with Gasteiger partial charge in [0.1, 0.15) is 0 Å². The molecule has 1 N–H and O–H groups in total. The Bertz CT molecular complexity index is 302. The van der Waals surface area contributed by atoms with Crippen molar-refractivity contribution in [2.45, 2.75) is 51.5 Å². The standard InChI is InChI=1S/C15H24N2/c1-13(15-10-6-7-11-16-15)17-12-14-8-4-2-3-5-9-14/h6-7,10-11,13-14,17H,2-5,8-9,12H2,1H3. The van der Waals surface area contributed by atoms with Crippen LogP contribution in [0.5, 0.6) is 0 Å². The van der Waals surface area contributed by atoms with Gasteiger partial charge in [0.25, 0.3) is 0 Å². The van der Waals surface area contributed by atoms with E-state index in [1.54, 1.807) is 0 Å². The maximum Gasteiger partial charge on any atom is 0.0570 e. The fourth-order valence-corrected chi connectivity index (χ4v) is 2.65. The first kappa shape index (κ1) is 12.6. The van der Waals surface area contributed by atoms with Gasteiger partial charge in [-0.25, -0.2) is 0 Å². The molecule has 0 amide bonds. The van der Waals surface area contributed by atoms with E-state index in [4.69, 9.17) is 0 Å². The summed E-state index contributed by atoms with van der Waals surface area (Å²) in [7, 11) is 0. The van der Waals surface area contributed by atoms with Crippen molar-refractivity contribution in [2.75, 3.05) is 6.54 Å².